The van der Waals surface area contributed by atoms with Crippen molar-refractivity contribution in [1.29, 1.82) is 0 Å². The van der Waals surface area contributed by atoms with E-state index in [1.165, 1.54) is 11.8 Å². The fourth-order valence-electron chi connectivity index (χ4n) is 2.64. The van der Waals surface area contributed by atoms with E-state index >= 15 is 0 Å². The molecule has 0 saturated heterocycles. The number of halogens is 1. The number of rotatable bonds is 7. The summed E-state index contributed by atoms with van der Waals surface area (Å²) in [4.78, 5) is 25.2. The summed E-state index contributed by atoms with van der Waals surface area (Å²) in [5.41, 5.74) is 1.78. The van der Waals surface area contributed by atoms with Crippen molar-refractivity contribution in [1.82, 2.24) is 5.32 Å². The fraction of sp³-hybridized carbons (Fsp3) is 0.333. The maximum absolute atomic E-state index is 12.5. The Morgan fingerprint density at radius 3 is 2.37 bits per heavy atom. The average molecular weight is 403 g/mol. The molecule has 2 N–H and O–H groups in total. The largest absolute Gasteiger partial charge is 0.349 e. The molecule has 2 aromatic rings. The van der Waals surface area contributed by atoms with Gasteiger partial charge in [-0.05, 0) is 56.5 Å². The standard InChI is InChI=1S/C21H23ClN2O2S/c1-13(15-9-11-17(12-10-15)24-21(26)16-7-8-16)23-20(25)14(2)27-19-6-4-3-5-18(19)22/h3-6,9-14,16H,7-8H2,1-2H3,(H,23,25)(H,24,26). The Hall–Kier alpha value is -1.98. The van der Waals surface area contributed by atoms with Gasteiger partial charge in [0.15, 0.2) is 0 Å². The van der Waals surface area contributed by atoms with Gasteiger partial charge in [0.2, 0.25) is 11.8 Å². The summed E-state index contributed by atoms with van der Waals surface area (Å²) >= 11 is 7.61. The number of hydrogen-bond acceptors (Lipinski definition) is 3. The van der Waals surface area contributed by atoms with Crippen LogP contribution >= 0.6 is 23.4 Å². The first-order valence-corrected chi connectivity index (χ1v) is 10.3. The SMILES string of the molecule is CC(Sc1ccccc1Cl)C(=O)NC(C)c1ccc(NC(=O)C2CC2)cc1. The van der Waals surface area contributed by atoms with Gasteiger partial charge < -0.3 is 10.6 Å². The second kappa shape index (κ2) is 8.81. The Kier molecular flexibility index (Phi) is 6.45. The molecular weight excluding hydrogens is 380 g/mol. The molecule has 0 radical (unpaired) electrons. The highest BCUT2D eigenvalue weighted by molar-refractivity contribution is 8.00. The van der Waals surface area contributed by atoms with Gasteiger partial charge in [-0.25, -0.2) is 0 Å². The molecule has 0 aromatic heterocycles. The van der Waals surface area contributed by atoms with Gasteiger partial charge in [-0.1, -0.05) is 35.9 Å². The summed E-state index contributed by atoms with van der Waals surface area (Å²) in [5, 5.41) is 6.35. The zero-order valence-corrected chi connectivity index (χ0v) is 16.9. The number of nitrogens with one attached hydrogen (secondary N) is 2. The first-order valence-electron chi connectivity index (χ1n) is 9.06. The van der Waals surface area contributed by atoms with Gasteiger partial charge in [-0.2, -0.15) is 0 Å². The molecule has 27 heavy (non-hydrogen) atoms. The van der Waals surface area contributed by atoms with Gasteiger partial charge >= 0.3 is 0 Å². The van der Waals surface area contributed by atoms with Crippen molar-refractivity contribution in [3.8, 4) is 0 Å². The maximum Gasteiger partial charge on any atom is 0.233 e. The van der Waals surface area contributed by atoms with Gasteiger partial charge in [0, 0.05) is 16.5 Å². The molecule has 0 aliphatic heterocycles. The highest BCUT2D eigenvalue weighted by Gasteiger charge is 2.29. The minimum Gasteiger partial charge on any atom is -0.349 e. The van der Waals surface area contributed by atoms with E-state index in [1.807, 2.05) is 62.4 Å². The lowest BCUT2D eigenvalue weighted by atomic mass is 10.1. The predicted molar refractivity (Wildman–Crippen MR) is 111 cm³/mol. The lowest BCUT2D eigenvalue weighted by Crippen LogP contribution is -2.33. The third-order valence-corrected chi connectivity index (χ3v) is 6.11. The second-order valence-corrected chi connectivity index (χ2v) is 8.60. The highest BCUT2D eigenvalue weighted by Crippen LogP contribution is 2.31. The van der Waals surface area contributed by atoms with Crippen LogP contribution in [0.25, 0.3) is 0 Å². The molecule has 2 aromatic carbocycles. The van der Waals surface area contributed by atoms with E-state index in [2.05, 4.69) is 10.6 Å². The lowest BCUT2D eigenvalue weighted by Gasteiger charge is -2.18. The van der Waals surface area contributed by atoms with Crippen LogP contribution in [-0.2, 0) is 9.59 Å². The number of benzene rings is 2. The molecule has 2 atom stereocenters. The van der Waals surface area contributed by atoms with Crippen LogP contribution in [0.4, 0.5) is 5.69 Å². The molecule has 0 heterocycles. The van der Waals surface area contributed by atoms with E-state index in [-0.39, 0.29) is 29.0 Å². The summed E-state index contributed by atoms with van der Waals surface area (Å²) in [6.07, 6.45) is 1.97. The summed E-state index contributed by atoms with van der Waals surface area (Å²) in [7, 11) is 0. The van der Waals surface area contributed by atoms with Crippen molar-refractivity contribution in [2.75, 3.05) is 5.32 Å². The molecule has 1 aliphatic carbocycles. The molecule has 1 aliphatic rings. The Morgan fingerprint density at radius 1 is 1.07 bits per heavy atom. The quantitative estimate of drug-likeness (QED) is 0.637. The summed E-state index contributed by atoms with van der Waals surface area (Å²) in [5.74, 6) is 0.230. The molecule has 3 rings (SSSR count). The fourth-order valence-corrected chi connectivity index (χ4v) is 3.81. The minimum absolute atomic E-state index is 0.0430. The summed E-state index contributed by atoms with van der Waals surface area (Å²) < 4.78 is 0. The topological polar surface area (TPSA) is 58.2 Å². The second-order valence-electron chi connectivity index (χ2n) is 6.81. The van der Waals surface area contributed by atoms with Gasteiger partial charge in [-0.15, -0.1) is 11.8 Å². The molecule has 0 spiro atoms. The third-order valence-electron chi connectivity index (χ3n) is 4.49. The van der Waals surface area contributed by atoms with Crippen LogP contribution in [0.2, 0.25) is 5.02 Å². The average Bonchev–Trinajstić information content (AvgIpc) is 3.49. The van der Waals surface area contributed by atoms with Gasteiger partial charge in [-0.3, -0.25) is 9.59 Å². The first kappa shape index (κ1) is 19.8. The van der Waals surface area contributed by atoms with Crippen molar-refractivity contribution in [3.05, 3.63) is 59.1 Å². The van der Waals surface area contributed by atoms with Crippen molar-refractivity contribution >= 4 is 40.9 Å². The van der Waals surface area contributed by atoms with E-state index in [0.717, 1.165) is 29.0 Å². The number of carbonyl (C=O) groups is 2. The first-order chi connectivity index (χ1) is 12.9. The zero-order chi connectivity index (χ0) is 19.4. The molecule has 4 nitrogen and oxygen atoms in total. The highest BCUT2D eigenvalue weighted by atomic mass is 35.5. The van der Waals surface area contributed by atoms with E-state index in [9.17, 15) is 9.59 Å². The third kappa shape index (κ3) is 5.50. The Bertz CT molecular complexity index is 821. The minimum atomic E-state index is -0.260. The van der Waals surface area contributed by atoms with Crippen LogP contribution in [0, 0.1) is 5.92 Å². The molecule has 2 amide bonds. The summed E-state index contributed by atoms with van der Waals surface area (Å²) in [6.45, 7) is 3.81. The van der Waals surface area contributed by atoms with Gasteiger partial charge in [0.25, 0.3) is 0 Å². The number of carbonyl (C=O) groups excluding carboxylic acids is 2. The van der Waals surface area contributed by atoms with Crippen LogP contribution in [0.1, 0.15) is 38.3 Å². The smallest absolute Gasteiger partial charge is 0.233 e. The van der Waals surface area contributed by atoms with Crippen molar-refractivity contribution in [2.45, 2.75) is 42.9 Å². The van der Waals surface area contributed by atoms with Crippen molar-refractivity contribution < 1.29 is 9.59 Å². The molecule has 1 fully saturated rings. The molecule has 142 valence electrons. The molecule has 2 unspecified atom stereocenters. The van der Waals surface area contributed by atoms with E-state index in [0.29, 0.717) is 5.02 Å². The molecule has 0 bridgehead atoms. The molecule has 1 saturated carbocycles. The van der Waals surface area contributed by atoms with Gasteiger partial charge in [0.1, 0.15) is 0 Å². The maximum atomic E-state index is 12.5. The van der Waals surface area contributed by atoms with Crippen molar-refractivity contribution in [2.24, 2.45) is 5.92 Å². The van der Waals surface area contributed by atoms with E-state index in [1.54, 1.807) is 0 Å². The summed E-state index contributed by atoms with van der Waals surface area (Å²) in [6, 6.07) is 15.0. The normalized spacial score (nSPS) is 15.7. The number of hydrogen-bond donors (Lipinski definition) is 2. The van der Waals surface area contributed by atoms with Crippen LogP contribution in [0.3, 0.4) is 0 Å². The Morgan fingerprint density at radius 2 is 1.74 bits per heavy atom. The Balaban J connectivity index is 1.54. The van der Waals surface area contributed by atoms with Crippen LogP contribution in [-0.4, -0.2) is 17.1 Å². The molecule has 6 heteroatoms. The lowest BCUT2D eigenvalue weighted by molar-refractivity contribution is -0.121. The zero-order valence-electron chi connectivity index (χ0n) is 15.4. The number of anilines is 1. The number of amides is 2. The van der Waals surface area contributed by atoms with Gasteiger partial charge in [0.05, 0.1) is 16.3 Å². The Labute approximate surface area is 169 Å². The van der Waals surface area contributed by atoms with Crippen LogP contribution in [0.5, 0.6) is 0 Å². The van der Waals surface area contributed by atoms with E-state index < -0.39 is 0 Å². The predicted octanol–water partition coefficient (Wildman–Crippen LogP) is 5.05. The number of thioether (sulfide) groups is 1. The van der Waals surface area contributed by atoms with Crippen molar-refractivity contribution in [3.63, 3.8) is 0 Å². The van der Waals surface area contributed by atoms with Crippen LogP contribution < -0.4 is 10.6 Å². The monoisotopic (exact) mass is 402 g/mol. The van der Waals surface area contributed by atoms with E-state index in [4.69, 9.17) is 11.6 Å². The molecular formula is C21H23ClN2O2S. The van der Waals surface area contributed by atoms with Crippen LogP contribution in [0.15, 0.2) is 53.4 Å².